The van der Waals surface area contributed by atoms with Gasteiger partial charge in [-0.3, -0.25) is 4.79 Å². The third-order valence-corrected chi connectivity index (χ3v) is 2.30. The maximum Gasteiger partial charge on any atom is 0.345 e. The van der Waals surface area contributed by atoms with Crippen molar-refractivity contribution in [1.82, 2.24) is 0 Å². The van der Waals surface area contributed by atoms with E-state index in [1.165, 1.54) is 0 Å². The molecular formula is C8H12F2O3. The number of halogens is 2. The third kappa shape index (κ3) is 2.91. The van der Waals surface area contributed by atoms with Gasteiger partial charge in [-0.2, -0.15) is 8.78 Å². The minimum absolute atomic E-state index is 0.418. The molecule has 0 amide bonds. The van der Waals surface area contributed by atoms with Crippen LogP contribution in [0.1, 0.15) is 25.7 Å². The molecular weight excluding hydrogens is 182 g/mol. The number of aliphatic carboxylic acids is 1. The molecule has 1 N–H and O–H groups in total. The van der Waals surface area contributed by atoms with Gasteiger partial charge in [0.05, 0.1) is 12.0 Å². The zero-order valence-electron chi connectivity index (χ0n) is 7.08. The molecule has 3 nitrogen and oxygen atoms in total. The van der Waals surface area contributed by atoms with Crippen molar-refractivity contribution in [2.45, 2.75) is 38.4 Å². The second-order valence-corrected chi connectivity index (χ2v) is 3.16. The highest BCUT2D eigenvalue weighted by atomic mass is 19.3. The number of rotatable bonds is 3. The van der Waals surface area contributed by atoms with Crippen LogP contribution < -0.4 is 0 Å². The average molecular weight is 194 g/mol. The molecule has 0 aromatic rings. The molecule has 0 aromatic carbocycles. The van der Waals surface area contributed by atoms with E-state index in [-0.39, 0.29) is 0 Å². The van der Waals surface area contributed by atoms with E-state index in [1.54, 1.807) is 0 Å². The van der Waals surface area contributed by atoms with E-state index in [0.29, 0.717) is 12.8 Å². The predicted molar refractivity (Wildman–Crippen MR) is 40.5 cm³/mol. The largest absolute Gasteiger partial charge is 0.481 e. The first-order chi connectivity index (χ1) is 6.11. The van der Waals surface area contributed by atoms with Crippen LogP contribution in [0.4, 0.5) is 8.78 Å². The van der Waals surface area contributed by atoms with Gasteiger partial charge in [0.1, 0.15) is 0 Å². The molecule has 1 saturated carbocycles. The fourth-order valence-corrected chi connectivity index (χ4v) is 1.67. The number of hydrogen-bond acceptors (Lipinski definition) is 2. The van der Waals surface area contributed by atoms with Gasteiger partial charge < -0.3 is 9.84 Å². The van der Waals surface area contributed by atoms with Gasteiger partial charge in [-0.05, 0) is 12.8 Å². The molecule has 1 rings (SSSR count). The topological polar surface area (TPSA) is 46.5 Å². The Balaban J connectivity index is 2.51. The Kier molecular flexibility index (Phi) is 3.59. The third-order valence-electron chi connectivity index (χ3n) is 2.30. The predicted octanol–water partition coefficient (Wildman–Crippen LogP) is 1.87. The van der Waals surface area contributed by atoms with Gasteiger partial charge in [0.15, 0.2) is 0 Å². The summed E-state index contributed by atoms with van der Waals surface area (Å²) < 4.78 is 27.9. The molecule has 0 bridgehead atoms. The smallest absolute Gasteiger partial charge is 0.345 e. The first-order valence-corrected chi connectivity index (χ1v) is 4.27. The van der Waals surface area contributed by atoms with Crippen LogP contribution in [0.3, 0.4) is 0 Å². The standard InChI is InChI=1S/C8H12F2O3/c9-8(10)13-6-4-2-1-3-5(6)7(11)12/h5-6,8H,1-4H2,(H,11,12). The molecule has 2 atom stereocenters. The average Bonchev–Trinajstić information content (AvgIpc) is 2.03. The highest BCUT2D eigenvalue weighted by molar-refractivity contribution is 5.70. The van der Waals surface area contributed by atoms with Crippen molar-refractivity contribution in [2.24, 2.45) is 5.92 Å². The summed E-state index contributed by atoms with van der Waals surface area (Å²) in [5, 5.41) is 8.70. The van der Waals surface area contributed by atoms with Crippen LogP contribution in [0, 0.1) is 5.92 Å². The van der Waals surface area contributed by atoms with Crippen LogP contribution in [-0.4, -0.2) is 23.8 Å². The van der Waals surface area contributed by atoms with Crippen LogP contribution in [0.25, 0.3) is 0 Å². The minimum atomic E-state index is -2.87. The summed E-state index contributed by atoms with van der Waals surface area (Å²) in [5.41, 5.74) is 0. The maximum absolute atomic E-state index is 11.8. The molecule has 0 heterocycles. The van der Waals surface area contributed by atoms with Gasteiger partial charge in [0.2, 0.25) is 0 Å². The van der Waals surface area contributed by atoms with Crippen LogP contribution in [-0.2, 0) is 9.53 Å². The molecule has 0 aliphatic heterocycles. The number of carboxylic acids is 1. The normalized spacial score (nSPS) is 29.2. The molecule has 0 spiro atoms. The van der Waals surface area contributed by atoms with Gasteiger partial charge in [0.25, 0.3) is 0 Å². The Morgan fingerprint density at radius 3 is 2.54 bits per heavy atom. The van der Waals surface area contributed by atoms with Crippen molar-refractivity contribution >= 4 is 5.97 Å². The molecule has 76 valence electrons. The van der Waals surface area contributed by atoms with E-state index in [9.17, 15) is 13.6 Å². The zero-order chi connectivity index (χ0) is 9.84. The lowest BCUT2D eigenvalue weighted by molar-refractivity contribution is -0.191. The number of carboxylic acid groups (broad SMARTS) is 1. The molecule has 1 aliphatic carbocycles. The molecule has 1 aliphatic rings. The molecule has 0 aromatic heterocycles. The first kappa shape index (κ1) is 10.4. The zero-order valence-corrected chi connectivity index (χ0v) is 7.08. The summed E-state index contributed by atoms with van der Waals surface area (Å²) in [4.78, 5) is 10.6. The fraction of sp³-hybridized carbons (Fsp3) is 0.875. The second-order valence-electron chi connectivity index (χ2n) is 3.16. The molecule has 13 heavy (non-hydrogen) atoms. The molecule has 5 heteroatoms. The summed E-state index contributed by atoms with van der Waals surface area (Å²) in [6, 6.07) is 0. The summed E-state index contributed by atoms with van der Waals surface area (Å²) in [5.74, 6) is -1.80. The maximum atomic E-state index is 11.8. The molecule has 2 unspecified atom stereocenters. The Bertz CT molecular complexity index is 184. The van der Waals surface area contributed by atoms with Gasteiger partial charge in [-0.25, -0.2) is 0 Å². The number of hydrogen-bond donors (Lipinski definition) is 1. The molecule has 0 saturated heterocycles. The summed E-state index contributed by atoms with van der Waals surface area (Å²) in [6.07, 6.45) is 1.58. The Labute approximate surface area is 74.7 Å². The first-order valence-electron chi connectivity index (χ1n) is 4.27. The van der Waals surface area contributed by atoms with Crippen molar-refractivity contribution in [2.75, 3.05) is 0 Å². The van der Waals surface area contributed by atoms with E-state index >= 15 is 0 Å². The SMILES string of the molecule is O=C(O)C1CCCCC1OC(F)F. The summed E-state index contributed by atoms with van der Waals surface area (Å²) in [7, 11) is 0. The van der Waals surface area contributed by atoms with Crippen molar-refractivity contribution in [3.63, 3.8) is 0 Å². The fourth-order valence-electron chi connectivity index (χ4n) is 1.67. The number of carbonyl (C=O) groups is 1. The molecule has 1 fully saturated rings. The monoisotopic (exact) mass is 194 g/mol. The Morgan fingerprint density at radius 2 is 2.00 bits per heavy atom. The van der Waals surface area contributed by atoms with Gasteiger partial charge in [-0.15, -0.1) is 0 Å². The lowest BCUT2D eigenvalue weighted by atomic mass is 9.86. The van der Waals surface area contributed by atoms with E-state index in [0.717, 1.165) is 12.8 Å². The lowest BCUT2D eigenvalue weighted by Gasteiger charge is -2.27. The van der Waals surface area contributed by atoms with Crippen molar-refractivity contribution in [3.8, 4) is 0 Å². The van der Waals surface area contributed by atoms with Crippen molar-refractivity contribution < 1.29 is 23.4 Å². The van der Waals surface area contributed by atoms with E-state index in [1.807, 2.05) is 0 Å². The van der Waals surface area contributed by atoms with E-state index < -0.39 is 24.6 Å². The highest BCUT2D eigenvalue weighted by Crippen LogP contribution is 2.28. The van der Waals surface area contributed by atoms with Crippen molar-refractivity contribution in [3.05, 3.63) is 0 Å². The number of alkyl halides is 2. The van der Waals surface area contributed by atoms with Gasteiger partial charge in [-0.1, -0.05) is 12.8 Å². The van der Waals surface area contributed by atoms with E-state index in [2.05, 4.69) is 4.74 Å². The van der Waals surface area contributed by atoms with E-state index in [4.69, 9.17) is 5.11 Å². The lowest BCUT2D eigenvalue weighted by Crippen LogP contribution is -2.34. The minimum Gasteiger partial charge on any atom is -0.481 e. The Hall–Kier alpha value is -0.710. The quantitative estimate of drug-likeness (QED) is 0.746. The number of ether oxygens (including phenoxy) is 1. The van der Waals surface area contributed by atoms with Crippen molar-refractivity contribution in [1.29, 1.82) is 0 Å². The molecule has 0 radical (unpaired) electrons. The second kappa shape index (κ2) is 4.50. The van der Waals surface area contributed by atoms with Crippen LogP contribution in [0.2, 0.25) is 0 Å². The van der Waals surface area contributed by atoms with Gasteiger partial charge >= 0.3 is 12.6 Å². The van der Waals surface area contributed by atoms with Gasteiger partial charge in [0, 0.05) is 0 Å². The van der Waals surface area contributed by atoms with Crippen LogP contribution in [0.5, 0.6) is 0 Å². The van der Waals surface area contributed by atoms with Crippen LogP contribution >= 0.6 is 0 Å². The summed E-state index contributed by atoms with van der Waals surface area (Å²) in [6.45, 7) is -2.87. The summed E-state index contributed by atoms with van der Waals surface area (Å²) >= 11 is 0. The van der Waals surface area contributed by atoms with Crippen LogP contribution in [0.15, 0.2) is 0 Å². The highest BCUT2D eigenvalue weighted by Gasteiger charge is 2.33. The Morgan fingerprint density at radius 1 is 1.38 bits per heavy atom.